The molecule has 0 aromatic heterocycles. The van der Waals surface area contributed by atoms with Crippen LogP contribution in [0.5, 0.6) is 5.75 Å². The quantitative estimate of drug-likeness (QED) is 0.557. The van der Waals surface area contributed by atoms with Crippen LogP contribution in [0.1, 0.15) is 0 Å². The van der Waals surface area contributed by atoms with E-state index >= 15 is 0 Å². The molecule has 0 atom stereocenters. The molecule has 1 aromatic rings. The Hall–Kier alpha value is -2.24. The molecule has 0 radical (unpaired) electrons. The minimum absolute atomic E-state index is 0.00448. The van der Waals surface area contributed by atoms with Crippen molar-refractivity contribution in [1.29, 1.82) is 0 Å². The van der Waals surface area contributed by atoms with Crippen molar-refractivity contribution in [2.45, 2.75) is 0 Å². The fourth-order valence-electron chi connectivity index (χ4n) is 1.51. The summed E-state index contributed by atoms with van der Waals surface area (Å²) in [5.74, 6) is 0.210. The lowest BCUT2D eigenvalue weighted by molar-refractivity contribution is -0.115. The molecule has 0 saturated carbocycles. The minimum Gasteiger partial charge on any atom is -0.497 e. The molecular weight excluding hydrogens is 210 g/mol. The topological polar surface area (TPSA) is 84.7 Å². The monoisotopic (exact) mass is 221 g/mol. The van der Waals surface area contributed by atoms with E-state index in [1.165, 1.54) is 7.11 Å². The Bertz CT molecular complexity index is 443. The summed E-state index contributed by atoms with van der Waals surface area (Å²) in [6.45, 7) is -0.00448. The number of nitrogens with two attached hydrogens (primary N) is 1. The third-order valence-corrected chi connectivity index (χ3v) is 2.32. The summed E-state index contributed by atoms with van der Waals surface area (Å²) in [6, 6.07) is 4.34. The lowest BCUT2D eigenvalue weighted by atomic mass is 10.2. The third-order valence-electron chi connectivity index (χ3n) is 2.32. The number of hydrogen-bond donors (Lipinski definition) is 2. The highest BCUT2D eigenvalue weighted by Crippen LogP contribution is 2.29. The van der Waals surface area contributed by atoms with Crippen LogP contribution in [0.4, 0.5) is 16.2 Å². The number of nitrogens with one attached hydrogen (secondary N) is 1. The molecule has 1 aliphatic heterocycles. The van der Waals surface area contributed by atoms with Crippen LogP contribution in [0.25, 0.3) is 0 Å². The normalized spacial score (nSPS) is 15.2. The number of ether oxygens (including phenoxy) is 1. The molecule has 3 amide bonds. The largest absolute Gasteiger partial charge is 0.497 e. The van der Waals surface area contributed by atoms with Crippen LogP contribution >= 0.6 is 0 Å². The maximum Gasteiger partial charge on any atom is 0.329 e. The second-order valence-electron chi connectivity index (χ2n) is 3.31. The van der Waals surface area contributed by atoms with Crippen LogP contribution in [0.3, 0.4) is 0 Å². The van der Waals surface area contributed by atoms with Gasteiger partial charge < -0.3 is 15.8 Å². The van der Waals surface area contributed by atoms with Crippen LogP contribution in [0.2, 0.25) is 0 Å². The average Bonchev–Trinajstić information content (AvgIpc) is 2.60. The standard InChI is InChI=1S/C10H11N3O3/c1-16-6-2-3-7(11)8(4-6)13-9(14)5-12-10(13)15/h2-4H,5,11H2,1H3,(H,12,15). The Morgan fingerprint density at radius 2 is 2.19 bits per heavy atom. The van der Waals surface area contributed by atoms with Crippen LogP contribution in [0, 0.1) is 0 Å². The molecule has 3 N–H and O–H groups in total. The van der Waals surface area contributed by atoms with E-state index in [9.17, 15) is 9.59 Å². The van der Waals surface area contributed by atoms with Gasteiger partial charge in [0.1, 0.15) is 5.75 Å². The molecule has 0 unspecified atom stereocenters. The van der Waals surface area contributed by atoms with Gasteiger partial charge in [-0.05, 0) is 12.1 Å². The number of carbonyl (C=O) groups excluding carboxylic acids is 2. The molecule has 0 aliphatic carbocycles. The number of nitrogens with zero attached hydrogens (tertiary/aromatic N) is 1. The fourth-order valence-corrected chi connectivity index (χ4v) is 1.51. The second-order valence-corrected chi connectivity index (χ2v) is 3.31. The number of methoxy groups -OCH3 is 1. The summed E-state index contributed by atoms with van der Waals surface area (Å²) >= 11 is 0. The highest BCUT2D eigenvalue weighted by atomic mass is 16.5. The van der Waals surface area contributed by atoms with Gasteiger partial charge in [0.25, 0.3) is 5.91 Å². The van der Waals surface area contributed by atoms with Crippen molar-refractivity contribution < 1.29 is 14.3 Å². The van der Waals surface area contributed by atoms with Crippen LogP contribution in [0.15, 0.2) is 18.2 Å². The second kappa shape index (κ2) is 3.73. The first-order valence-corrected chi connectivity index (χ1v) is 4.68. The SMILES string of the molecule is COc1ccc(N)c(N2C(=O)CNC2=O)c1. The van der Waals surface area contributed by atoms with Gasteiger partial charge in [0.15, 0.2) is 0 Å². The number of urea groups is 1. The highest BCUT2D eigenvalue weighted by Gasteiger charge is 2.31. The number of rotatable bonds is 2. The third kappa shape index (κ3) is 1.54. The molecule has 1 fully saturated rings. The Labute approximate surface area is 92.0 Å². The lowest BCUT2D eigenvalue weighted by Crippen LogP contribution is -2.31. The number of carbonyl (C=O) groups is 2. The first-order chi connectivity index (χ1) is 7.63. The van der Waals surface area contributed by atoms with Crippen LogP contribution < -0.4 is 20.7 Å². The van der Waals surface area contributed by atoms with E-state index in [0.29, 0.717) is 17.1 Å². The van der Waals surface area contributed by atoms with Crippen molar-refractivity contribution in [2.75, 3.05) is 24.3 Å². The smallest absolute Gasteiger partial charge is 0.329 e. The van der Waals surface area contributed by atoms with Gasteiger partial charge in [-0.3, -0.25) is 4.79 Å². The predicted octanol–water partition coefficient (Wildman–Crippen LogP) is 0.334. The summed E-state index contributed by atoms with van der Waals surface area (Å²) in [4.78, 5) is 23.9. The van der Waals surface area contributed by atoms with Gasteiger partial charge in [-0.25, -0.2) is 9.69 Å². The Morgan fingerprint density at radius 1 is 1.44 bits per heavy atom. The summed E-state index contributed by atoms with van der Waals surface area (Å²) in [6.07, 6.45) is 0. The van der Waals surface area contributed by atoms with Gasteiger partial charge in [0.05, 0.1) is 25.0 Å². The van der Waals surface area contributed by atoms with Gasteiger partial charge in [-0.1, -0.05) is 0 Å². The molecule has 1 aromatic carbocycles. The average molecular weight is 221 g/mol. The molecule has 84 valence electrons. The highest BCUT2D eigenvalue weighted by molar-refractivity contribution is 6.21. The zero-order valence-corrected chi connectivity index (χ0v) is 8.69. The van der Waals surface area contributed by atoms with E-state index in [2.05, 4.69) is 5.32 Å². The van der Waals surface area contributed by atoms with E-state index in [1.54, 1.807) is 18.2 Å². The number of benzene rings is 1. The zero-order chi connectivity index (χ0) is 11.7. The first kappa shape index (κ1) is 10.3. The van der Waals surface area contributed by atoms with Crippen molar-refractivity contribution >= 4 is 23.3 Å². The molecule has 6 heteroatoms. The molecule has 2 rings (SSSR count). The molecule has 6 nitrogen and oxygen atoms in total. The number of hydrogen-bond acceptors (Lipinski definition) is 4. The Kier molecular flexibility index (Phi) is 2.40. The molecule has 16 heavy (non-hydrogen) atoms. The maximum absolute atomic E-state index is 11.5. The first-order valence-electron chi connectivity index (χ1n) is 4.68. The van der Waals surface area contributed by atoms with E-state index in [0.717, 1.165) is 4.90 Å². The molecule has 0 bridgehead atoms. The number of anilines is 2. The predicted molar refractivity (Wildman–Crippen MR) is 58.3 cm³/mol. The van der Waals surface area contributed by atoms with E-state index in [4.69, 9.17) is 10.5 Å². The van der Waals surface area contributed by atoms with E-state index in [1.807, 2.05) is 0 Å². The zero-order valence-electron chi connectivity index (χ0n) is 8.69. The maximum atomic E-state index is 11.5. The molecule has 1 aliphatic rings. The molecular formula is C10H11N3O3. The number of nitrogen functional groups attached to an aromatic ring is 1. The van der Waals surface area contributed by atoms with Gasteiger partial charge in [0.2, 0.25) is 0 Å². The van der Waals surface area contributed by atoms with Crippen molar-refractivity contribution in [1.82, 2.24) is 5.32 Å². The van der Waals surface area contributed by atoms with Gasteiger partial charge >= 0.3 is 6.03 Å². The van der Waals surface area contributed by atoms with Crippen molar-refractivity contribution in [2.24, 2.45) is 0 Å². The Morgan fingerprint density at radius 3 is 2.75 bits per heavy atom. The van der Waals surface area contributed by atoms with Gasteiger partial charge in [0, 0.05) is 6.07 Å². The minimum atomic E-state index is -0.468. The summed E-state index contributed by atoms with van der Waals surface area (Å²) in [5.41, 5.74) is 6.42. The van der Waals surface area contributed by atoms with Crippen molar-refractivity contribution in [3.8, 4) is 5.75 Å². The molecule has 1 saturated heterocycles. The van der Waals surface area contributed by atoms with Crippen molar-refractivity contribution in [3.05, 3.63) is 18.2 Å². The summed E-state index contributed by atoms with van der Waals surface area (Å²) in [7, 11) is 1.50. The van der Waals surface area contributed by atoms with E-state index < -0.39 is 6.03 Å². The van der Waals surface area contributed by atoms with E-state index in [-0.39, 0.29) is 12.5 Å². The summed E-state index contributed by atoms with van der Waals surface area (Å²) < 4.78 is 5.01. The van der Waals surface area contributed by atoms with Crippen LogP contribution in [-0.2, 0) is 4.79 Å². The van der Waals surface area contributed by atoms with Gasteiger partial charge in [-0.15, -0.1) is 0 Å². The number of imide groups is 1. The Balaban J connectivity index is 2.46. The number of amides is 3. The van der Waals surface area contributed by atoms with Gasteiger partial charge in [-0.2, -0.15) is 0 Å². The lowest BCUT2D eigenvalue weighted by Gasteiger charge is -2.15. The molecule has 1 heterocycles. The van der Waals surface area contributed by atoms with Crippen LogP contribution in [-0.4, -0.2) is 25.6 Å². The molecule has 0 spiro atoms. The van der Waals surface area contributed by atoms with Crippen molar-refractivity contribution in [3.63, 3.8) is 0 Å². The summed E-state index contributed by atoms with van der Waals surface area (Å²) in [5, 5.41) is 2.42. The fraction of sp³-hybridized carbons (Fsp3) is 0.200.